The third-order valence-corrected chi connectivity index (χ3v) is 3.23. The summed E-state index contributed by atoms with van der Waals surface area (Å²) in [5.74, 6) is 0.369. The van der Waals surface area contributed by atoms with E-state index < -0.39 is 5.60 Å². The molecule has 20 heavy (non-hydrogen) atoms. The fourth-order valence-corrected chi connectivity index (χ4v) is 2.82. The molecule has 7 heteroatoms. The summed E-state index contributed by atoms with van der Waals surface area (Å²) in [5.41, 5.74) is -0.817. The van der Waals surface area contributed by atoms with E-state index in [9.17, 15) is 9.90 Å². The van der Waals surface area contributed by atoms with Crippen LogP contribution in [0.2, 0.25) is 0 Å². The van der Waals surface area contributed by atoms with Gasteiger partial charge in [-0.1, -0.05) is 25.2 Å². The van der Waals surface area contributed by atoms with Crippen molar-refractivity contribution in [1.82, 2.24) is 15.1 Å². The number of nitrogens with zero attached hydrogens (tertiary/aromatic N) is 3. The van der Waals surface area contributed by atoms with E-state index in [0.717, 1.165) is 11.4 Å². The van der Waals surface area contributed by atoms with Crippen LogP contribution in [-0.2, 0) is 11.2 Å². The molecule has 1 aromatic heterocycles. The number of amides is 1. The highest BCUT2D eigenvalue weighted by Crippen LogP contribution is 2.18. The van der Waals surface area contributed by atoms with Crippen molar-refractivity contribution in [2.24, 2.45) is 5.92 Å². The molecule has 114 valence electrons. The van der Waals surface area contributed by atoms with Crippen molar-refractivity contribution in [2.75, 3.05) is 25.5 Å². The maximum atomic E-state index is 11.8. The Balaban J connectivity index is 2.44. The molecule has 1 amide bonds. The smallest absolute Gasteiger partial charge is 0.240 e. The van der Waals surface area contributed by atoms with Crippen LogP contribution in [0.25, 0.3) is 0 Å². The molecule has 0 aromatic carbocycles. The van der Waals surface area contributed by atoms with Gasteiger partial charge >= 0.3 is 0 Å². The molecule has 0 saturated carbocycles. The molecule has 1 heterocycles. The predicted octanol–water partition coefficient (Wildman–Crippen LogP) is 1.38. The molecule has 0 saturated heterocycles. The second kappa shape index (κ2) is 7.10. The van der Waals surface area contributed by atoms with Gasteiger partial charge in [-0.2, -0.15) is 0 Å². The third-order valence-electron chi connectivity index (χ3n) is 2.37. The Morgan fingerprint density at radius 3 is 2.65 bits per heavy atom. The first-order valence-corrected chi connectivity index (χ1v) is 7.50. The van der Waals surface area contributed by atoms with Crippen molar-refractivity contribution in [2.45, 2.75) is 39.7 Å². The lowest BCUT2D eigenvalue weighted by molar-refractivity contribution is -0.117. The van der Waals surface area contributed by atoms with Gasteiger partial charge in [0.2, 0.25) is 11.0 Å². The molecule has 0 radical (unpaired) electrons. The van der Waals surface area contributed by atoms with Gasteiger partial charge in [0.05, 0.1) is 12.1 Å². The summed E-state index contributed by atoms with van der Waals surface area (Å²) in [6.45, 7) is 8.30. The topological polar surface area (TPSA) is 78.4 Å². The summed E-state index contributed by atoms with van der Waals surface area (Å²) in [4.78, 5) is 13.6. The van der Waals surface area contributed by atoms with E-state index >= 15 is 0 Å². The summed E-state index contributed by atoms with van der Waals surface area (Å²) < 4.78 is 0. The SMILES string of the molecule is CC(C)Cc1nnc(NC(=O)CN(C)CC(C)(C)O)s1. The Kier molecular flexibility index (Phi) is 6.04. The first-order chi connectivity index (χ1) is 9.15. The van der Waals surface area contributed by atoms with Gasteiger partial charge in [0.15, 0.2) is 0 Å². The number of carbonyl (C=O) groups excluding carboxylic acids is 1. The maximum Gasteiger partial charge on any atom is 0.240 e. The molecule has 1 aromatic rings. The minimum absolute atomic E-state index is 0.149. The first-order valence-electron chi connectivity index (χ1n) is 6.69. The van der Waals surface area contributed by atoms with Gasteiger partial charge in [0, 0.05) is 13.0 Å². The summed E-state index contributed by atoms with van der Waals surface area (Å²) in [6, 6.07) is 0. The number of likely N-dealkylation sites (N-methyl/N-ethyl adjacent to an activating group) is 1. The van der Waals surface area contributed by atoms with E-state index in [-0.39, 0.29) is 12.5 Å². The van der Waals surface area contributed by atoms with Crippen LogP contribution in [-0.4, -0.2) is 51.8 Å². The largest absolute Gasteiger partial charge is 0.389 e. The van der Waals surface area contributed by atoms with Crippen molar-refractivity contribution >= 4 is 22.4 Å². The fourth-order valence-electron chi connectivity index (χ4n) is 1.86. The van der Waals surface area contributed by atoms with Crippen LogP contribution in [0.1, 0.15) is 32.7 Å². The van der Waals surface area contributed by atoms with E-state index in [1.807, 2.05) is 0 Å². The molecule has 0 bridgehead atoms. The average Bonchev–Trinajstić information content (AvgIpc) is 2.60. The number of hydrogen-bond donors (Lipinski definition) is 2. The number of nitrogens with one attached hydrogen (secondary N) is 1. The number of hydrogen-bond acceptors (Lipinski definition) is 6. The van der Waals surface area contributed by atoms with Crippen molar-refractivity contribution < 1.29 is 9.90 Å². The summed E-state index contributed by atoms with van der Waals surface area (Å²) >= 11 is 1.41. The van der Waals surface area contributed by atoms with Crippen LogP contribution in [0, 0.1) is 5.92 Å². The van der Waals surface area contributed by atoms with Crippen LogP contribution in [0.5, 0.6) is 0 Å². The number of aliphatic hydroxyl groups is 1. The molecule has 2 N–H and O–H groups in total. The van der Waals surface area contributed by atoms with Crippen LogP contribution in [0.3, 0.4) is 0 Å². The van der Waals surface area contributed by atoms with Crippen molar-refractivity contribution in [3.63, 3.8) is 0 Å². The quantitative estimate of drug-likeness (QED) is 0.795. The van der Waals surface area contributed by atoms with Gasteiger partial charge in [-0.05, 0) is 26.8 Å². The highest BCUT2D eigenvalue weighted by atomic mass is 32.1. The average molecular weight is 300 g/mol. The summed E-state index contributed by atoms with van der Waals surface area (Å²) in [5, 5.41) is 21.9. The Labute approximate surface area is 124 Å². The molecule has 0 fully saturated rings. The zero-order chi connectivity index (χ0) is 15.3. The fraction of sp³-hybridized carbons (Fsp3) is 0.769. The monoisotopic (exact) mass is 300 g/mol. The van der Waals surface area contributed by atoms with Gasteiger partial charge in [0.1, 0.15) is 5.01 Å². The molecule has 0 atom stereocenters. The number of rotatable bonds is 7. The van der Waals surface area contributed by atoms with Gasteiger partial charge in [-0.15, -0.1) is 10.2 Å². The summed E-state index contributed by atoms with van der Waals surface area (Å²) in [6.07, 6.45) is 0.867. The number of anilines is 1. The lowest BCUT2D eigenvalue weighted by Gasteiger charge is -2.24. The Hall–Kier alpha value is -1.05. The van der Waals surface area contributed by atoms with E-state index in [2.05, 4.69) is 29.4 Å². The zero-order valence-electron chi connectivity index (χ0n) is 12.8. The van der Waals surface area contributed by atoms with E-state index in [0.29, 0.717) is 17.6 Å². The van der Waals surface area contributed by atoms with E-state index in [4.69, 9.17) is 0 Å². The second-order valence-corrected chi connectivity index (χ2v) is 7.19. The van der Waals surface area contributed by atoms with Gasteiger partial charge in [0.25, 0.3) is 0 Å². The molecule has 0 unspecified atom stereocenters. The van der Waals surface area contributed by atoms with Crippen molar-refractivity contribution in [3.05, 3.63) is 5.01 Å². The van der Waals surface area contributed by atoms with E-state index in [1.54, 1.807) is 25.8 Å². The highest BCUT2D eigenvalue weighted by molar-refractivity contribution is 7.15. The molecule has 0 spiro atoms. The second-order valence-electron chi connectivity index (χ2n) is 6.13. The number of aromatic nitrogens is 2. The highest BCUT2D eigenvalue weighted by Gasteiger charge is 2.18. The van der Waals surface area contributed by atoms with Gasteiger partial charge < -0.3 is 5.11 Å². The normalized spacial score (nSPS) is 12.2. The third kappa shape index (κ3) is 6.93. The first kappa shape index (κ1) is 17.0. The molecule has 0 aliphatic heterocycles. The van der Waals surface area contributed by atoms with Crippen molar-refractivity contribution in [3.8, 4) is 0 Å². The van der Waals surface area contributed by atoms with Crippen LogP contribution >= 0.6 is 11.3 Å². The van der Waals surface area contributed by atoms with Gasteiger partial charge in [-0.25, -0.2) is 0 Å². The molecule has 0 aliphatic rings. The molecule has 0 aliphatic carbocycles. The van der Waals surface area contributed by atoms with Gasteiger partial charge in [-0.3, -0.25) is 15.0 Å². The Morgan fingerprint density at radius 2 is 2.10 bits per heavy atom. The minimum Gasteiger partial charge on any atom is -0.389 e. The lowest BCUT2D eigenvalue weighted by Crippen LogP contribution is -2.40. The Bertz CT molecular complexity index is 440. The Morgan fingerprint density at radius 1 is 1.45 bits per heavy atom. The van der Waals surface area contributed by atoms with Crippen LogP contribution in [0.15, 0.2) is 0 Å². The maximum absolute atomic E-state index is 11.8. The zero-order valence-corrected chi connectivity index (χ0v) is 13.6. The van der Waals surface area contributed by atoms with E-state index in [1.165, 1.54) is 11.3 Å². The standard InChI is InChI=1S/C13H24N4O2S/c1-9(2)6-11-15-16-12(20-11)14-10(18)7-17(5)8-13(3,4)19/h9,19H,6-8H2,1-5H3,(H,14,16,18). The van der Waals surface area contributed by atoms with Crippen LogP contribution < -0.4 is 5.32 Å². The molecule has 1 rings (SSSR count). The molecular weight excluding hydrogens is 276 g/mol. The summed E-state index contributed by atoms with van der Waals surface area (Å²) in [7, 11) is 1.79. The van der Waals surface area contributed by atoms with Crippen molar-refractivity contribution in [1.29, 1.82) is 0 Å². The molecular formula is C13H24N4O2S. The lowest BCUT2D eigenvalue weighted by atomic mass is 10.1. The molecule has 6 nitrogen and oxygen atoms in total. The minimum atomic E-state index is -0.817. The number of carbonyl (C=O) groups is 1. The van der Waals surface area contributed by atoms with Crippen LogP contribution in [0.4, 0.5) is 5.13 Å². The predicted molar refractivity (Wildman–Crippen MR) is 80.9 cm³/mol.